The van der Waals surface area contributed by atoms with Gasteiger partial charge in [0.05, 0.1) is 16.6 Å². The van der Waals surface area contributed by atoms with Crippen LogP contribution in [0.15, 0.2) is 71.3 Å². The van der Waals surface area contributed by atoms with Gasteiger partial charge in [-0.05, 0) is 55.0 Å². The third-order valence-corrected chi connectivity index (χ3v) is 6.05. The summed E-state index contributed by atoms with van der Waals surface area (Å²) < 4.78 is 3.19. The van der Waals surface area contributed by atoms with E-state index in [0.29, 0.717) is 6.54 Å². The number of nitrogens with zero attached hydrogens (tertiary/aromatic N) is 4. The lowest BCUT2D eigenvalue weighted by Gasteiger charge is -2.24. The largest absolute Gasteiger partial charge is 0.353 e. The number of amides is 2. The highest BCUT2D eigenvalue weighted by Gasteiger charge is 2.22. The fraction of sp³-hybridized carbons (Fsp3) is 0.217. The molecule has 2 aromatic heterocycles. The minimum atomic E-state index is -0.0570. The minimum Gasteiger partial charge on any atom is -0.353 e. The van der Waals surface area contributed by atoms with Crippen LogP contribution >= 0.6 is 15.9 Å². The number of aromatic nitrogens is 2. The van der Waals surface area contributed by atoms with Crippen LogP contribution in [-0.2, 0) is 0 Å². The van der Waals surface area contributed by atoms with E-state index in [-0.39, 0.29) is 6.03 Å². The molecule has 152 valence electrons. The zero-order valence-electron chi connectivity index (χ0n) is 16.5. The van der Waals surface area contributed by atoms with Crippen molar-refractivity contribution in [3.05, 3.63) is 71.3 Å². The lowest BCUT2D eigenvalue weighted by molar-refractivity contribution is 0.215. The van der Waals surface area contributed by atoms with Crippen molar-refractivity contribution in [3.63, 3.8) is 0 Å². The van der Waals surface area contributed by atoms with Gasteiger partial charge in [0.25, 0.3) is 0 Å². The first-order valence-electron chi connectivity index (χ1n) is 10.1. The number of halogens is 1. The van der Waals surface area contributed by atoms with E-state index < -0.39 is 0 Å². The van der Waals surface area contributed by atoms with E-state index in [4.69, 9.17) is 4.98 Å². The molecule has 2 amide bonds. The lowest BCUT2D eigenvalue weighted by Crippen LogP contribution is -2.38. The highest BCUT2D eigenvalue weighted by atomic mass is 79.9. The summed E-state index contributed by atoms with van der Waals surface area (Å²) in [4.78, 5) is 21.9. The number of fused-ring (bicyclic) bond motifs is 3. The van der Waals surface area contributed by atoms with Gasteiger partial charge in [0.1, 0.15) is 0 Å². The molecular formula is C23H22BrN5O. The van der Waals surface area contributed by atoms with Crippen LogP contribution in [0.3, 0.4) is 0 Å². The van der Waals surface area contributed by atoms with E-state index in [9.17, 15) is 4.79 Å². The third-order valence-electron chi connectivity index (χ3n) is 5.52. The lowest BCUT2D eigenvalue weighted by atomic mass is 10.3. The van der Waals surface area contributed by atoms with Crippen molar-refractivity contribution in [2.45, 2.75) is 6.42 Å². The van der Waals surface area contributed by atoms with Gasteiger partial charge >= 0.3 is 6.03 Å². The van der Waals surface area contributed by atoms with E-state index in [0.717, 1.165) is 58.6 Å². The summed E-state index contributed by atoms with van der Waals surface area (Å²) in [7, 11) is 0. The molecule has 0 aliphatic carbocycles. The van der Waals surface area contributed by atoms with Crippen molar-refractivity contribution in [2.75, 3.05) is 36.4 Å². The molecule has 0 saturated carbocycles. The van der Waals surface area contributed by atoms with Crippen molar-refractivity contribution in [1.29, 1.82) is 0 Å². The Balaban J connectivity index is 1.36. The number of para-hydroxylation sites is 2. The molecule has 1 N–H and O–H groups in total. The van der Waals surface area contributed by atoms with Crippen LogP contribution < -0.4 is 10.2 Å². The van der Waals surface area contributed by atoms with Crippen LogP contribution in [0.5, 0.6) is 0 Å². The van der Waals surface area contributed by atoms with Crippen molar-refractivity contribution < 1.29 is 4.79 Å². The number of nitrogens with one attached hydrogen (secondary N) is 1. The highest BCUT2D eigenvalue weighted by Crippen LogP contribution is 2.26. The summed E-state index contributed by atoms with van der Waals surface area (Å²) in [5.41, 5.74) is 3.98. The van der Waals surface area contributed by atoms with Crippen LogP contribution in [0.4, 0.5) is 16.3 Å². The molecule has 0 unspecified atom stereocenters. The van der Waals surface area contributed by atoms with Crippen LogP contribution in [0.2, 0.25) is 0 Å². The Morgan fingerprint density at radius 1 is 0.900 bits per heavy atom. The highest BCUT2D eigenvalue weighted by molar-refractivity contribution is 9.10. The molecule has 0 radical (unpaired) electrons. The first-order chi connectivity index (χ1) is 14.7. The second-order valence-electron chi connectivity index (χ2n) is 7.45. The zero-order chi connectivity index (χ0) is 20.5. The summed E-state index contributed by atoms with van der Waals surface area (Å²) in [6.07, 6.45) is 2.98. The molecule has 0 bridgehead atoms. The summed E-state index contributed by atoms with van der Waals surface area (Å²) in [6, 6.07) is 20.0. The summed E-state index contributed by atoms with van der Waals surface area (Å²) in [5.74, 6) is 0.980. The Kier molecular flexibility index (Phi) is 5.04. The molecule has 3 heterocycles. The van der Waals surface area contributed by atoms with Crippen LogP contribution in [0.1, 0.15) is 6.42 Å². The number of carbonyl (C=O) groups is 1. The van der Waals surface area contributed by atoms with E-state index in [1.54, 1.807) is 0 Å². The maximum absolute atomic E-state index is 12.8. The summed E-state index contributed by atoms with van der Waals surface area (Å²) in [6.45, 7) is 3.00. The zero-order valence-corrected chi connectivity index (χ0v) is 18.0. The van der Waals surface area contributed by atoms with E-state index in [1.807, 2.05) is 47.4 Å². The molecule has 0 spiro atoms. The molecule has 6 nitrogen and oxygen atoms in total. The Morgan fingerprint density at radius 2 is 1.70 bits per heavy atom. The molecule has 1 saturated heterocycles. The Morgan fingerprint density at radius 3 is 2.57 bits per heavy atom. The first-order valence-corrected chi connectivity index (χ1v) is 10.9. The topological polar surface area (TPSA) is 52.9 Å². The van der Waals surface area contributed by atoms with Gasteiger partial charge in [0.15, 0.2) is 5.82 Å². The number of hydrogen-bond acceptors (Lipinski definition) is 3. The number of benzene rings is 2. The van der Waals surface area contributed by atoms with Gasteiger partial charge in [-0.2, -0.15) is 0 Å². The van der Waals surface area contributed by atoms with Gasteiger partial charge in [0.2, 0.25) is 0 Å². The number of hydrogen-bond donors (Lipinski definition) is 1. The normalized spacial score (nSPS) is 14.8. The molecule has 1 fully saturated rings. The molecule has 7 heteroatoms. The van der Waals surface area contributed by atoms with E-state index in [1.165, 1.54) is 0 Å². The molecule has 30 heavy (non-hydrogen) atoms. The van der Waals surface area contributed by atoms with Gasteiger partial charge in [-0.15, -0.1) is 0 Å². The Hall–Kier alpha value is -3.06. The predicted molar refractivity (Wildman–Crippen MR) is 124 cm³/mol. The molecular weight excluding hydrogens is 442 g/mol. The number of anilines is 2. The van der Waals surface area contributed by atoms with Gasteiger partial charge in [0, 0.05) is 42.5 Å². The van der Waals surface area contributed by atoms with E-state index in [2.05, 4.69) is 54.9 Å². The van der Waals surface area contributed by atoms with Crippen molar-refractivity contribution in [3.8, 4) is 0 Å². The average Bonchev–Trinajstić information content (AvgIpc) is 3.13. The van der Waals surface area contributed by atoms with Gasteiger partial charge in [-0.1, -0.05) is 28.1 Å². The quantitative estimate of drug-likeness (QED) is 0.455. The number of rotatable bonds is 2. The SMILES string of the molecule is O=C(Nc1ccc(Br)cc1)N1CCCN(c2nc3ccccc3n3cccc23)CC1. The molecule has 4 aromatic rings. The third kappa shape index (κ3) is 3.61. The van der Waals surface area contributed by atoms with Crippen LogP contribution in [0, 0.1) is 0 Å². The number of carbonyl (C=O) groups excluding carboxylic acids is 1. The van der Waals surface area contributed by atoms with Crippen molar-refractivity contribution in [1.82, 2.24) is 14.3 Å². The predicted octanol–water partition coefficient (Wildman–Crippen LogP) is 4.99. The molecule has 5 rings (SSSR count). The fourth-order valence-corrected chi connectivity index (χ4v) is 4.27. The smallest absolute Gasteiger partial charge is 0.321 e. The molecule has 1 aliphatic heterocycles. The fourth-order valence-electron chi connectivity index (χ4n) is 4.01. The first kappa shape index (κ1) is 18.9. The monoisotopic (exact) mass is 463 g/mol. The second-order valence-corrected chi connectivity index (χ2v) is 8.37. The van der Waals surface area contributed by atoms with Crippen molar-refractivity contribution >= 4 is 50.0 Å². The van der Waals surface area contributed by atoms with Crippen LogP contribution in [0.25, 0.3) is 16.6 Å². The summed E-state index contributed by atoms with van der Waals surface area (Å²) >= 11 is 3.42. The van der Waals surface area contributed by atoms with Crippen LogP contribution in [-0.4, -0.2) is 46.5 Å². The summed E-state index contributed by atoms with van der Waals surface area (Å²) in [5, 5.41) is 3.00. The number of urea groups is 1. The minimum absolute atomic E-state index is 0.0570. The molecule has 0 atom stereocenters. The van der Waals surface area contributed by atoms with E-state index >= 15 is 0 Å². The Labute approximate surface area is 183 Å². The second kappa shape index (κ2) is 7.99. The van der Waals surface area contributed by atoms with Gasteiger partial charge < -0.3 is 19.5 Å². The van der Waals surface area contributed by atoms with Gasteiger partial charge in [-0.3, -0.25) is 0 Å². The molecule has 2 aromatic carbocycles. The van der Waals surface area contributed by atoms with Crippen molar-refractivity contribution in [2.24, 2.45) is 0 Å². The standard InChI is InChI=1S/C23H22BrN5O/c24-17-8-10-18(11-9-17)25-23(30)28-13-4-12-27(15-16-28)22-21-7-3-14-29(21)20-6-2-1-5-19(20)26-22/h1-3,5-11,14H,4,12-13,15-16H2,(H,25,30). The molecule has 1 aliphatic rings. The van der Waals surface area contributed by atoms with Gasteiger partial charge in [-0.25, -0.2) is 9.78 Å². The maximum Gasteiger partial charge on any atom is 0.321 e. The average molecular weight is 464 g/mol. The maximum atomic E-state index is 12.8. The Bertz CT molecular complexity index is 1200.